The summed E-state index contributed by atoms with van der Waals surface area (Å²) in [6, 6.07) is 3.97. The molecule has 0 saturated carbocycles. The molecule has 8 heteroatoms. The average molecular weight is 339 g/mol. The highest BCUT2D eigenvalue weighted by Crippen LogP contribution is 2.28. The summed E-state index contributed by atoms with van der Waals surface area (Å²) in [7, 11) is 0. The van der Waals surface area contributed by atoms with E-state index in [1.165, 1.54) is 24.3 Å². The van der Waals surface area contributed by atoms with Crippen LogP contribution in [0.25, 0.3) is 0 Å². The second-order valence-electron chi connectivity index (χ2n) is 3.86. The van der Waals surface area contributed by atoms with E-state index in [1.54, 1.807) is 0 Å². The molecule has 2 N–H and O–H groups in total. The first-order valence-electron chi connectivity index (χ1n) is 5.63. The van der Waals surface area contributed by atoms with Crippen molar-refractivity contribution in [3.05, 3.63) is 52.7 Å². The Balaban J connectivity index is 2.95. The lowest BCUT2D eigenvalue weighted by Crippen LogP contribution is -2.27. The summed E-state index contributed by atoms with van der Waals surface area (Å²) in [5.41, 5.74) is -1.31. The molecule has 114 valence electrons. The van der Waals surface area contributed by atoms with Crippen LogP contribution in [0.15, 0.2) is 42.6 Å². The summed E-state index contributed by atoms with van der Waals surface area (Å²) in [5.74, 6) is -1.32. The third kappa shape index (κ3) is 5.69. The van der Waals surface area contributed by atoms with E-state index in [0.717, 1.165) is 0 Å². The summed E-state index contributed by atoms with van der Waals surface area (Å²) < 4.78 is 38.4. The number of benzene rings is 1. The molecule has 0 aliphatic rings. The fraction of sp³-hybridized carbons (Fsp3) is 0.154. The Morgan fingerprint density at radius 2 is 1.81 bits per heavy atom. The van der Waals surface area contributed by atoms with Gasteiger partial charge in [-0.25, -0.2) is 0 Å². The van der Waals surface area contributed by atoms with E-state index in [-0.39, 0.29) is 22.3 Å². The van der Waals surface area contributed by atoms with Gasteiger partial charge in [-0.05, 0) is 18.2 Å². The molecule has 0 unspecified atom stereocenters. The molecule has 0 spiro atoms. The number of hydrogen-bond donors (Lipinski definition) is 2. The zero-order valence-electron chi connectivity index (χ0n) is 10.6. The Bertz CT molecular complexity index is 551. The average Bonchev–Trinajstić information content (AvgIpc) is 2.31. The minimum atomic E-state index is -4.80. The molecule has 1 rings (SSSR count). The predicted molar refractivity (Wildman–Crippen MR) is 77.4 cm³/mol. The number of alkyl halides is 3. The third-order valence-electron chi connectivity index (χ3n) is 2.18. The topological polar surface area (TPSA) is 41.1 Å². The Hall–Kier alpha value is -1.66. The van der Waals surface area contributed by atoms with Gasteiger partial charge in [-0.15, -0.1) is 6.58 Å². The molecule has 1 aromatic rings. The number of hydrogen-bond acceptors (Lipinski definition) is 2. The molecule has 0 aliphatic heterocycles. The maximum Gasteiger partial charge on any atom is 0.423 e. The standard InChI is InChI=1S/C13H11Cl2F3N2O/c1-2-3-19-7-11(13(16,17)18)12(21)20-10-5-8(14)4-9(15)6-10/h2,4-7,19H,1,3H2,(H,20,21). The highest BCUT2D eigenvalue weighted by Gasteiger charge is 2.38. The molecule has 0 radical (unpaired) electrons. The number of carbonyl (C=O) groups is 1. The highest BCUT2D eigenvalue weighted by molar-refractivity contribution is 6.35. The maximum absolute atomic E-state index is 12.8. The largest absolute Gasteiger partial charge is 0.423 e. The van der Waals surface area contributed by atoms with Gasteiger partial charge < -0.3 is 10.6 Å². The summed E-state index contributed by atoms with van der Waals surface area (Å²) in [5, 5.41) is 4.80. The Morgan fingerprint density at radius 1 is 1.24 bits per heavy atom. The lowest BCUT2D eigenvalue weighted by atomic mass is 10.2. The third-order valence-corrected chi connectivity index (χ3v) is 2.62. The Morgan fingerprint density at radius 3 is 2.29 bits per heavy atom. The second kappa shape index (κ2) is 7.38. The monoisotopic (exact) mass is 338 g/mol. The van der Waals surface area contributed by atoms with Crippen molar-refractivity contribution in [1.82, 2.24) is 5.32 Å². The fourth-order valence-electron chi connectivity index (χ4n) is 1.34. The van der Waals surface area contributed by atoms with Crippen LogP contribution in [-0.2, 0) is 4.79 Å². The van der Waals surface area contributed by atoms with Crippen molar-refractivity contribution in [3.8, 4) is 0 Å². The Kier molecular flexibility index (Phi) is 6.11. The van der Waals surface area contributed by atoms with Crippen LogP contribution in [0, 0.1) is 0 Å². The second-order valence-corrected chi connectivity index (χ2v) is 4.74. The first-order chi connectivity index (χ1) is 9.74. The minimum Gasteiger partial charge on any atom is -0.387 e. The normalized spacial score (nSPS) is 12.0. The van der Waals surface area contributed by atoms with Crippen LogP contribution in [0.1, 0.15) is 0 Å². The van der Waals surface area contributed by atoms with Crippen LogP contribution in [0.3, 0.4) is 0 Å². The quantitative estimate of drug-likeness (QED) is 0.481. The molecule has 0 fully saturated rings. The van der Waals surface area contributed by atoms with Crippen LogP contribution in [0.2, 0.25) is 10.0 Å². The first-order valence-corrected chi connectivity index (χ1v) is 6.38. The van der Waals surface area contributed by atoms with E-state index in [1.807, 2.05) is 0 Å². The van der Waals surface area contributed by atoms with Crippen LogP contribution < -0.4 is 10.6 Å². The first kappa shape index (κ1) is 17.4. The van der Waals surface area contributed by atoms with E-state index in [0.29, 0.717) is 6.20 Å². The number of rotatable bonds is 5. The van der Waals surface area contributed by atoms with Crippen LogP contribution in [-0.4, -0.2) is 18.6 Å². The summed E-state index contributed by atoms with van der Waals surface area (Å²) >= 11 is 11.4. The molecular formula is C13H11Cl2F3N2O. The predicted octanol–water partition coefficient (Wildman–Crippen LogP) is 4.15. The minimum absolute atomic E-state index is 0.0661. The van der Waals surface area contributed by atoms with Crippen molar-refractivity contribution < 1.29 is 18.0 Å². The molecule has 0 aliphatic carbocycles. The van der Waals surface area contributed by atoms with Gasteiger partial charge in [0.05, 0.1) is 0 Å². The molecule has 0 atom stereocenters. The SMILES string of the molecule is C=CCNC=C(C(=O)Nc1cc(Cl)cc(Cl)c1)C(F)(F)F. The van der Waals surface area contributed by atoms with Crippen molar-refractivity contribution in [2.75, 3.05) is 11.9 Å². The van der Waals surface area contributed by atoms with Gasteiger partial charge in [0.2, 0.25) is 0 Å². The van der Waals surface area contributed by atoms with Gasteiger partial charge in [0.1, 0.15) is 5.57 Å². The van der Waals surface area contributed by atoms with E-state index in [2.05, 4.69) is 17.2 Å². The van der Waals surface area contributed by atoms with E-state index < -0.39 is 17.7 Å². The van der Waals surface area contributed by atoms with Crippen LogP contribution in [0.4, 0.5) is 18.9 Å². The molecule has 0 saturated heterocycles. The van der Waals surface area contributed by atoms with Crippen molar-refractivity contribution in [3.63, 3.8) is 0 Å². The molecule has 1 amide bonds. The van der Waals surface area contributed by atoms with Crippen LogP contribution >= 0.6 is 23.2 Å². The number of nitrogens with one attached hydrogen (secondary N) is 2. The molecular weight excluding hydrogens is 328 g/mol. The number of anilines is 1. The molecule has 1 aromatic carbocycles. The van der Waals surface area contributed by atoms with E-state index >= 15 is 0 Å². The van der Waals surface area contributed by atoms with Crippen molar-refractivity contribution in [1.29, 1.82) is 0 Å². The van der Waals surface area contributed by atoms with Gasteiger partial charge in [0.25, 0.3) is 5.91 Å². The fourth-order valence-corrected chi connectivity index (χ4v) is 1.87. The molecule has 21 heavy (non-hydrogen) atoms. The van der Waals surface area contributed by atoms with Crippen molar-refractivity contribution >= 4 is 34.8 Å². The summed E-state index contributed by atoms with van der Waals surface area (Å²) in [6.07, 6.45) is -2.86. The number of halogens is 5. The highest BCUT2D eigenvalue weighted by atomic mass is 35.5. The smallest absolute Gasteiger partial charge is 0.387 e. The van der Waals surface area contributed by atoms with Gasteiger partial charge in [-0.3, -0.25) is 4.79 Å². The van der Waals surface area contributed by atoms with Crippen LogP contribution in [0.5, 0.6) is 0 Å². The van der Waals surface area contributed by atoms with E-state index in [9.17, 15) is 18.0 Å². The number of amides is 1. The molecule has 0 aromatic heterocycles. The Labute approximate surface area is 129 Å². The van der Waals surface area contributed by atoms with Gasteiger partial charge in [0, 0.05) is 28.5 Å². The maximum atomic E-state index is 12.8. The molecule has 3 nitrogen and oxygen atoms in total. The van der Waals surface area contributed by atoms with Gasteiger partial charge in [0.15, 0.2) is 0 Å². The van der Waals surface area contributed by atoms with Crippen molar-refractivity contribution in [2.24, 2.45) is 0 Å². The lowest BCUT2D eigenvalue weighted by Gasteiger charge is -2.13. The van der Waals surface area contributed by atoms with Crippen molar-refractivity contribution in [2.45, 2.75) is 6.18 Å². The summed E-state index contributed by atoms with van der Waals surface area (Å²) in [4.78, 5) is 11.7. The summed E-state index contributed by atoms with van der Waals surface area (Å²) in [6.45, 7) is 3.44. The number of carbonyl (C=O) groups excluding carboxylic acids is 1. The molecule has 0 heterocycles. The molecule has 0 bridgehead atoms. The zero-order chi connectivity index (χ0) is 16.0. The van der Waals surface area contributed by atoms with E-state index in [4.69, 9.17) is 23.2 Å². The van der Waals surface area contributed by atoms with Gasteiger partial charge in [-0.1, -0.05) is 29.3 Å². The lowest BCUT2D eigenvalue weighted by molar-refractivity contribution is -0.126. The van der Waals surface area contributed by atoms with Gasteiger partial charge in [-0.2, -0.15) is 13.2 Å². The zero-order valence-corrected chi connectivity index (χ0v) is 12.1. The van der Waals surface area contributed by atoms with Gasteiger partial charge >= 0.3 is 6.18 Å².